The summed E-state index contributed by atoms with van der Waals surface area (Å²) in [4.78, 5) is 11.0. The van der Waals surface area contributed by atoms with E-state index in [2.05, 4.69) is 53.1 Å². The number of benzene rings is 2. The molecule has 3 heteroatoms. The van der Waals surface area contributed by atoms with E-state index in [-0.39, 0.29) is 5.91 Å². The normalized spacial score (nSPS) is 20.0. The van der Waals surface area contributed by atoms with Crippen molar-refractivity contribution >= 4 is 11.6 Å². The van der Waals surface area contributed by atoms with Crippen LogP contribution in [0.3, 0.4) is 0 Å². The van der Waals surface area contributed by atoms with Gasteiger partial charge in [-0.1, -0.05) is 42.5 Å². The SMILES string of the molecule is CC(=O)Nc1ccc(CN[C@H]2C[C@@H]2c2ccccc2)cc1. The molecule has 0 unspecified atom stereocenters. The van der Waals surface area contributed by atoms with E-state index in [4.69, 9.17) is 0 Å². The maximum Gasteiger partial charge on any atom is 0.221 e. The van der Waals surface area contributed by atoms with Gasteiger partial charge in [-0.2, -0.15) is 0 Å². The van der Waals surface area contributed by atoms with Gasteiger partial charge in [-0.05, 0) is 29.7 Å². The quantitative estimate of drug-likeness (QED) is 0.882. The highest BCUT2D eigenvalue weighted by atomic mass is 16.1. The first-order valence-electron chi connectivity index (χ1n) is 7.37. The molecule has 1 fully saturated rings. The molecule has 0 spiro atoms. The molecule has 0 radical (unpaired) electrons. The minimum absolute atomic E-state index is 0.0374. The third kappa shape index (κ3) is 3.70. The predicted octanol–water partition coefficient (Wildman–Crippen LogP) is 3.29. The summed E-state index contributed by atoms with van der Waals surface area (Å²) in [6.45, 7) is 2.39. The summed E-state index contributed by atoms with van der Waals surface area (Å²) in [6.07, 6.45) is 1.22. The minimum Gasteiger partial charge on any atom is -0.326 e. The van der Waals surface area contributed by atoms with Crippen LogP contribution in [-0.2, 0) is 11.3 Å². The topological polar surface area (TPSA) is 41.1 Å². The van der Waals surface area contributed by atoms with Crippen molar-refractivity contribution in [3.05, 3.63) is 65.7 Å². The Labute approximate surface area is 125 Å². The van der Waals surface area contributed by atoms with Crippen molar-refractivity contribution in [3.63, 3.8) is 0 Å². The van der Waals surface area contributed by atoms with Crippen molar-refractivity contribution in [1.82, 2.24) is 5.32 Å². The van der Waals surface area contributed by atoms with Crippen LogP contribution in [-0.4, -0.2) is 11.9 Å². The van der Waals surface area contributed by atoms with E-state index in [0.717, 1.165) is 12.2 Å². The van der Waals surface area contributed by atoms with E-state index in [1.807, 2.05) is 12.1 Å². The van der Waals surface area contributed by atoms with Crippen LogP contribution < -0.4 is 10.6 Å². The number of carbonyl (C=O) groups excluding carboxylic acids is 1. The summed E-state index contributed by atoms with van der Waals surface area (Å²) in [5, 5.41) is 6.37. The Morgan fingerprint density at radius 1 is 1.10 bits per heavy atom. The standard InChI is InChI=1S/C18H20N2O/c1-13(21)20-16-9-7-14(8-10-16)12-19-18-11-17(18)15-5-3-2-4-6-15/h2-10,17-19H,11-12H2,1H3,(H,20,21)/t17-,18+/m1/s1. The first kappa shape index (κ1) is 13.8. The van der Waals surface area contributed by atoms with Crippen molar-refractivity contribution < 1.29 is 4.79 Å². The van der Waals surface area contributed by atoms with Gasteiger partial charge < -0.3 is 10.6 Å². The molecule has 2 atom stereocenters. The Balaban J connectivity index is 1.49. The summed E-state index contributed by atoms with van der Waals surface area (Å²) in [6, 6.07) is 19.3. The fraction of sp³-hybridized carbons (Fsp3) is 0.278. The molecule has 0 aromatic heterocycles. The van der Waals surface area contributed by atoms with Crippen LogP contribution in [0.2, 0.25) is 0 Å². The Kier molecular flexibility index (Phi) is 4.02. The molecule has 0 heterocycles. The van der Waals surface area contributed by atoms with Crippen LogP contribution >= 0.6 is 0 Å². The maximum absolute atomic E-state index is 11.0. The van der Waals surface area contributed by atoms with Gasteiger partial charge in [0, 0.05) is 31.1 Å². The lowest BCUT2D eigenvalue weighted by molar-refractivity contribution is -0.114. The van der Waals surface area contributed by atoms with E-state index >= 15 is 0 Å². The minimum atomic E-state index is -0.0374. The second-order valence-electron chi connectivity index (χ2n) is 5.62. The molecule has 21 heavy (non-hydrogen) atoms. The Morgan fingerprint density at radius 2 is 1.81 bits per heavy atom. The second-order valence-corrected chi connectivity index (χ2v) is 5.62. The molecule has 0 aliphatic heterocycles. The lowest BCUT2D eigenvalue weighted by Gasteiger charge is -2.06. The molecule has 1 amide bonds. The molecule has 0 saturated heterocycles. The third-order valence-electron chi connectivity index (χ3n) is 3.86. The van der Waals surface area contributed by atoms with Crippen molar-refractivity contribution in [2.75, 3.05) is 5.32 Å². The molecule has 2 aromatic carbocycles. The van der Waals surface area contributed by atoms with Crippen LogP contribution in [0.4, 0.5) is 5.69 Å². The Hall–Kier alpha value is -2.13. The van der Waals surface area contributed by atoms with Crippen LogP contribution in [0.1, 0.15) is 30.4 Å². The molecule has 1 aliphatic rings. The molecule has 1 aliphatic carbocycles. The fourth-order valence-electron chi connectivity index (χ4n) is 2.65. The van der Waals surface area contributed by atoms with Gasteiger partial charge >= 0.3 is 0 Å². The van der Waals surface area contributed by atoms with Crippen LogP contribution in [0.25, 0.3) is 0 Å². The lowest BCUT2D eigenvalue weighted by atomic mass is 10.1. The molecule has 2 aromatic rings. The monoisotopic (exact) mass is 280 g/mol. The number of anilines is 1. The van der Waals surface area contributed by atoms with E-state index < -0.39 is 0 Å². The zero-order chi connectivity index (χ0) is 14.7. The van der Waals surface area contributed by atoms with Gasteiger partial charge in [0.25, 0.3) is 0 Å². The molecule has 1 saturated carbocycles. The molecule has 3 rings (SSSR count). The van der Waals surface area contributed by atoms with E-state index in [1.54, 1.807) is 0 Å². The number of hydrogen-bond donors (Lipinski definition) is 2. The summed E-state index contributed by atoms with van der Waals surface area (Å²) in [5.74, 6) is 0.620. The van der Waals surface area contributed by atoms with E-state index in [1.165, 1.54) is 24.5 Å². The Morgan fingerprint density at radius 3 is 2.48 bits per heavy atom. The first-order valence-corrected chi connectivity index (χ1v) is 7.37. The molecular weight excluding hydrogens is 260 g/mol. The number of carbonyl (C=O) groups is 1. The third-order valence-corrected chi connectivity index (χ3v) is 3.86. The average Bonchev–Trinajstić information content (AvgIpc) is 3.27. The van der Waals surface area contributed by atoms with Crippen molar-refractivity contribution in [1.29, 1.82) is 0 Å². The summed E-state index contributed by atoms with van der Waals surface area (Å²) in [5.41, 5.74) is 3.51. The van der Waals surface area contributed by atoms with Crippen molar-refractivity contribution in [2.45, 2.75) is 31.8 Å². The number of rotatable bonds is 5. The number of hydrogen-bond acceptors (Lipinski definition) is 2. The van der Waals surface area contributed by atoms with Gasteiger partial charge in [0.15, 0.2) is 0 Å². The first-order chi connectivity index (χ1) is 10.2. The highest BCUT2D eigenvalue weighted by molar-refractivity contribution is 5.88. The van der Waals surface area contributed by atoms with Gasteiger partial charge in [0.2, 0.25) is 5.91 Å². The van der Waals surface area contributed by atoms with Crippen LogP contribution in [0, 0.1) is 0 Å². The molecule has 2 N–H and O–H groups in total. The highest BCUT2D eigenvalue weighted by Crippen LogP contribution is 2.40. The van der Waals surface area contributed by atoms with E-state index in [9.17, 15) is 4.79 Å². The zero-order valence-electron chi connectivity index (χ0n) is 12.2. The van der Waals surface area contributed by atoms with Crippen LogP contribution in [0.15, 0.2) is 54.6 Å². The number of nitrogens with one attached hydrogen (secondary N) is 2. The molecule has 108 valence electrons. The van der Waals surface area contributed by atoms with Crippen molar-refractivity contribution in [2.24, 2.45) is 0 Å². The molecule has 0 bridgehead atoms. The maximum atomic E-state index is 11.0. The summed E-state index contributed by atoms with van der Waals surface area (Å²) < 4.78 is 0. The second kappa shape index (κ2) is 6.10. The van der Waals surface area contributed by atoms with Gasteiger partial charge in [-0.15, -0.1) is 0 Å². The lowest BCUT2D eigenvalue weighted by Crippen LogP contribution is -2.17. The molecular formula is C18H20N2O. The van der Waals surface area contributed by atoms with Gasteiger partial charge in [-0.3, -0.25) is 4.79 Å². The summed E-state index contributed by atoms with van der Waals surface area (Å²) in [7, 11) is 0. The zero-order valence-corrected chi connectivity index (χ0v) is 12.2. The molecule has 3 nitrogen and oxygen atoms in total. The fourth-order valence-corrected chi connectivity index (χ4v) is 2.65. The predicted molar refractivity (Wildman–Crippen MR) is 85.2 cm³/mol. The largest absolute Gasteiger partial charge is 0.326 e. The van der Waals surface area contributed by atoms with Crippen LogP contribution in [0.5, 0.6) is 0 Å². The highest BCUT2D eigenvalue weighted by Gasteiger charge is 2.37. The average molecular weight is 280 g/mol. The summed E-state index contributed by atoms with van der Waals surface area (Å²) >= 11 is 0. The Bertz CT molecular complexity index is 607. The van der Waals surface area contributed by atoms with Gasteiger partial charge in [0.05, 0.1) is 0 Å². The van der Waals surface area contributed by atoms with Gasteiger partial charge in [0.1, 0.15) is 0 Å². The van der Waals surface area contributed by atoms with E-state index in [0.29, 0.717) is 12.0 Å². The number of amides is 1. The van der Waals surface area contributed by atoms with Gasteiger partial charge in [-0.25, -0.2) is 0 Å². The smallest absolute Gasteiger partial charge is 0.221 e. The van der Waals surface area contributed by atoms with Crippen molar-refractivity contribution in [3.8, 4) is 0 Å².